The van der Waals surface area contributed by atoms with Crippen LogP contribution in [0, 0.1) is 29.4 Å². The van der Waals surface area contributed by atoms with E-state index in [0.717, 1.165) is 44.7 Å². The molecule has 3 atom stereocenters. The number of aliphatic hydroxyl groups is 2. The first-order chi connectivity index (χ1) is 18.1. The summed E-state index contributed by atoms with van der Waals surface area (Å²) in [6.07, 6.45) is 7.83. The molecule has 0 bridgehead atoms. The van der Waals surface area contributed by atoms with E-state index in [9.17, 15) is 23.8 Å². The van der Waals surface area contributed by atoms with Gasteiger partial charge in [0.1, 0.15) is 0 Å². The zero-order chi connectivity index (χ0) is 27.8. The smallest absolute Gasteiger partial charge is 0.222 e. The number of carbonyl (C=O) groups is 1. The number of methoxy groups -OCH3 is 1. The number of nitrogens with zero attached hydrogens (tertiary/aromatic N) is 1. The van der Waals surface area contributed by atoms with Gasteiger partial charge in [0.2, 0.25) is 5.91 Å². The van der Waals surface area contributed by atoms with Crippen LogP contribution in [0.4, 0.5) is 8.78 Å². The van der Waals surface area contributed by atoms with Crippen LogP contribution in [0.15, 0.2) is 18.2 Å². The van der Waals surface area contributed by atoms with E-state index in [-0.39, 0.29) is 29.7 Å². The number of ether oxygens (including phenoxy) is 1. The van der Waals surface area contributed by atoms with Crippen molar-refractivity contribution in [3.05, 3.63) is 35.4 Å². The Morgan fingerprint density at radius 2 is 2.00 bits per heavy atom. The van der Waals surface area contributed by atoms with Gasteiger partial charge in [0.15, 0.2) is 11.6 Å². The fourth-order valence-corrected chi connectivity index (χ4v) is 6.54. The molecule has 0 radical (unpaired) electrons. The molecule has 6 nitrogen and oxygen atoms in total. The summed E-state index contributed by atoms with van der Waals surface area (Å²) in [4.78, 5) is 15.3. The lowest BCUT2D eigenvalue weighted by atomic mass is 9.73. The van der Waals surface area contributed by atoms with Crippen LogP contribution in [-0.2, 0) is 15.1 Å². The van der Waals surface area contributed by atoms with Crippen LogP contribution < -0.4 is 5.32 Å². The predicted octanol–water partition coefficient (Wildman–Crippen LogP) is 4.76. The predicted molar refractivity (Wildman–Crippen MR) is 145 cm³/mol. The van der Waals surface area contributed by atoms with E-state index < -0.39 is 22.8 Å². The summed E-state index contributed by atoms with van der Waals surface area (Å²) in [6, 6.07) is 3.97. The fourth-order valence-electron chi connectivity index (χ4n) is 6.54. The topological polar surface area (TPSA) is 82.0 Å². The van der Waals surface area contributed by atoms with Crippen LogP contribution in [0.25, 0.3) is 0 Å². The minimum absolute atomic E-state index is 0.0181. The Bertz CT molecular complexity index is 889. The monoisotopic (exact) mass is 538 g/mol. The number of amides is 1. The quantitative estimate of drug-likeness (QED) is 0.316. The SMILES string of the molecule is CNC[C@@H](CC(=O)N1CCC[C@@H]([C@@](O)(CCCCOC)c2cccc(F)c2F)C1)CC1CCC(C)(O)CC1. The molecule has 1 amide bonds. The molecule has 3 rings (SSSR count). The van der Waals surface area contributed by atoms with Crippen molar-refractivity contribution in [2.24, 2.45) is 17.8 Å². The Hall–Kier alpha value is -1.61. The van der Waals surface area contributed by atoms with Crippen LogP contribution >= 0.6 is 0 Å². The number of nitrogens with one attached hydrogen (secondary N) is 1. The first-order valence-corrected chi connectivity index (χ1v) is 14.4. The molecule has 2 fully saturated rings. The number of hydrogen-bond acceptors (Lipinski definition) is 5. The van der Waals surface area contributed by atoms with Crippen LogP contribution in [0.2, 0.25) is 0 Å². The standard InChI is InChI=1S/C30H48F2N2O4/c1-29(36)14-11-22(12-15-29)18-23(20-33-2)19-27(35)34-16-7-8-24(21-34)30(37,13-4-5-17-38-3)25-9-6-10-26(31)28(25)32/h6,9-10,22-24,33,36-37H,4-5,7-8,11-21H2,1-3H3/t22?,23-,24-,29?,30+/m1/s1. The first kappa shape index (κ1) is 30.9. The molecule has 8 heteroatoms. The number of hydrogen-bond donors (Lipinski definition) is 3. The van der Waals surface area contributed by atoms with E-state index in [1.54, 1.807) is 7.11 Å². The number of piperidine rings is 1. The second-order valence-electron chi connectivity index (χ2n) is 12.0. The van der Waals surface area contributed by atoms with Gasteiger partial charge in [0.05, 0.1) is 11.2 Å². The molecular formula is C30H48F2N2O4. The van der Waals surface area contributed by atoms with E-state index in [4.69, 9.17) is 4.74 Å². The Kier molecular flexibility index (Phi) is 11.5. The number of unbranched alkanes of at least 4 members (excludes halogenated alkanes) is 1. The van der Waals surface area contributed by atoms with Crippen LogP contribution in [0.1, 0.15) is 83.1 Å². The molecule has 1 saturated carbocycles. The van der Waals surface area contributed by atoms with Gasteiger partial charge in [-0.1, -0.05) is 12.1 Å². The normalized spacial score (nSPS) is 26.7. The Balaban J connectivity index is 1.70. The molecule has 1 heterocycles. The maximum absolute atomic E-state index is 14.9. The number of halogens is 2. The van der Waals surface area contributed by atoms with Gasteiger partial charge >= 0.3 is 0 Å². The van der Waals surface area contributed by atoms with E-state index >= 15 is 0 Å². The molecule has 1 saturated heterocycles. The van der Waals surface area contributed by atoms with Crippen molar-refractivity contribution < 1.29 is 28.5 Å². The molecule has 1 aliphatic carbocycles. The number of rotatable bonds is 13. The summed E-state index contributed by atoms with van der Waals surface area (Å²) in [5.41, 5.74) is -2.16. The number of benzene rings is 1. The van der Waals surface area contributed by atoms with E-state index in [0.29, 0.717) is 57.7 Å². The van der Waals surface area contributed by atoms with Crippen molar-refractivity contribution in [2.45, 2.75) is 88.8 Å². The zero-order valence-corrected chi connectivity index (χ0v) is 23.5. The highest BCUT2D eigenvalue weighted by Crippen LogP contribution is 2.42. The van der Waals surface area contributed by atoms with E-state index in [1.807, 2.05) is 18.9 Å². The molecule has 38 heavy (non-hydrogen) atoms. The van der Waals surface area contributed by atoms with Gasteiger partial charge < -0.3 is 25.2 Å². The molecule has 1 aromatic carbocycles. The average molecular weight is 539 g/mol. The molecule has 2 aliphatic rings. The summed E-state index contributed by atoms with van der Waals surface area (Å²) < 4.78 is 34.3. The lowest BCUT2D eigenvalue weighted by Gasteiger charge is -2.43. The first-order valence-electron chi connectivity index (χ1n) is 14.4. The molecule has 0 spiro atoms. The maximum Gasteiger partial charge on any atom is 0.222 e. The number of likely N-dealkylation sites (tertiary alicyclic amines) is 1. The van der Waals surface area contributed by atoms with Gasteiger partial charge in [-0.2, -0.15) is 0 Å². The summed E-state index contributed by atoms with van der Waals surface area (Å²) in [5, 5.41) is 25.4. The van der Waals surface area contributed by atoms with Crippen LogP contribution in [-0.4, -0.2) is 67.0 Å². The second kappa shape index (κ2) is 14.1. The van der Waals surface area contributed by atoms with Crippen molar-refractivity contribution in [2.75, 3.05) is 40.4 Å². The van der Waals surface area contributed by atoms with Crippen molar-refractivity contribution in [3.8, 4) is 0 Å². The van der Waals surface area contributed by atoms with Crippen molar-refractivity contribution in [1.82, 2.24) is 10.2 Å². The summed E-state index contributed by atoms with van der Waals surface area (Å²) in [5.74, 6) is -1.62. The molecule has 0 aromatic heterocycles. The van der Waals surface area contributed by atoms with Gasteiger partial charge in [0.25, 0.3) is 0 Å². The Labute approximate surface area is 227 Å². The van der Waals surface area contributed by atoms with Gasteiger partial charge in [-0.15, -0.1) is 0 Å². The van der Waals surface area contributed by atoms with Gasteiger partial charge in [-0.05, 0) is 103 Å². The highest BCUT2D eigenvalue weighted by atomic mass is 19.2. The van der Waals surface area contributed by atoms with E-state index in [1.165, 1.54) is 12.1 Å². The summed E-state index contributed by atoms with van der Waals surface area (Å²) >= 11 is 0. The molecular weight excluding hydrogens is 490 g/mol. The molecule has 1 aliphatic heterocycles. The highest BCUT2D eigenvalue weighted by molar-refractivity contribution is 5.76. The highest BCUT2D eigenvalue weighted by Gasteiger charge is 2.43. The lowest BCUT2D eigenvalue weighted by Crippen LogP contribution is -2.49. The summed E-state index contributed by atoms with van der Waals surface area (Å²) in [6.45, 7) is 4.11. The minimum Gasteiger partial charge on any atom is -0.390 e. The maximum atomic E-state index is 14.9. The van der Waals surface area contributed by atoms with Gasteiger partial charge in [0, 0.05) is 44.7 Å². The minimum atomic E-state index is -1.57. The Morgan fingerprint density at radius 1 is 1.26 bits per heavy atom. The van der Waals surface area contributed by atoms with Crippen molar-refractivity contribution >= 4 is 5.91 Å². The number of carbonyl (C=O) groups excluding carboxylic acids is 1. The zero-order valence-electron chi connectivity index (χ0n) is 23.5. The Morgan fingerprint density at radius 3 is 2.68 bits per heavy atom. The molecule has 216 valence electrons. The van der Waals surface area contributed by atoms with Crippen molar-refractivity contribution in [1.29, 1.82) is 0 Å². The third-order valence-electron chi connectivity index (χ3n) is 8.83. The summed E-state index contributed by atoms with van der Waals surface area (Å²) in [7, 11) is 3.51. The molecule has 3 N–H and O–H groups in total. The van der Waals surface area contributed by atoms with Crippen molar-refractivity contribution in [3.63, 3.8) is 0 Å². The fraction of sp³-hybridized carbons (Fsp3) is 0.767. The largest absolute Gasteiger partial charge is 0.390 e. The lowest BCUT2D eigenvalue weighted by molar-refractivity contribution is -0.138. The molecule has 0 unspecified atom stereocenters. The molecule has 1 aromatic rings. The average Bonchev–Trinajstić information content (AvgIpc) is 2.89. The van der Waals surface area contributed by atoms with Gasteiger partial charge in [-0.3, -0.25) is 4.79 Å². The van der Waals surface area contributed by atoms with Gasteiger partial charge in [-0.25, -0.2) is 8.78 Å². The third-order valence-corrected chi connectivity index (χ3v) is 8.83. The second-order valence-corrected chi connectivity index (χ2v) is 12.0. The third kappa shape index (κ3) is 8.20. The van der Waals surface area contributed by atoms with Crippen LogP contribution in [0.3, 0.4) is 0 Å². The van der Waals surface area contributed by atoms with E-state index in [2.05, 4.69) is 5.32 Å². The van der Waals surface area contributed by atoms with Crippen LogP contribution in [0.5, 0.6) is 0 Å².